The van der Waals surface area contributed by atoms with Crippen molar-refractivity contribution in [1.29, 1.82) is 0 Å². The van der Waals surface area contributed by atoms with E-state index in [-0.39, 0.29) is 0 Å². The third-order valence-corrected chi connectivity index (χ3v) is 3.31. The van der Waals surface area contributed by atoms with Gasteiger partial charge in [0.1, 0.15) is 0 Å². The monoisotopic (exact) mass is 231 g/mol. The molecule has 0 unspecified atom stereocenters. The van der Waals surface area contributed by atoms with Gasteiger partial charge in [0.05, 0.1) is 6.54 Å². The zero-order valence-electron chi connectivity index (χ0n) is 10.4. The highest BCUT2D eigenvalue weighted by molar-refractivity contribution is 5.77. The molecule has 0 saturated heterocycles. The van der Waals surface area contributed by atoms with Crippen LogP contribution in [0.2, 0.25) is 0 Å². The Balaban J connectivity index is 1.78. The maximum atomic E-state index is 5.83. The Morgan fingerprint density at radius 3 is 2.94 bits per heavy atom. The minimum atomic E-state index is 0.568. The molecule has 1 aliphatic carbocycles. The lowest BCUT2D eigenvalue weighted by Crippen LogP contribution is -2.37. The number of hydrogen-bond acceptors (Lipinski definition) is 1. The number of nitrogens with one attached hydrogen (secondary N) is 1. The highest BCUT2D eigenvalue weighted by Gasteiger charge is 2.16. The van der Waals surface area contributed by atoms with Gasteiger partial charge in [0.25, 0.3) is 0 Å². The van der Waals surface area contributed by atoms with Crippen LogP contribution in [-0.2, 0) is 6.54 Å². The number of rotatable bonds is 4. The van der Waals surface area contributed by atoms with Gasteiger partial charge in [-0.25, -0.2) is 4.99 Å². The fourth-order valence-corrected chi connectivity index (χ4v) is 1.99. The number of aliphatic imine (C=N–C) groups is 1. The maximum absolute atomic E-state index is 5.83. The van der Waals surface area contributed by atoms with Crippen LogP contribution in [-0.4, -0.2) is 12.5 Å². The van der Waals surface area contributed by atoms with Gasteiger partial charge in [-0.1, -0.05) is 36.2 Å². The standard InChI is InChI=1S/C14H21N3/c1-11-4-2-7-13(8-11)10-17-14(15)16-9-12-5-3-6-12/h2,4,7-8,12H,3,5-6,9-10H2,1H3,(H3,15,16,17). The second-order valence-electron chi connectivity index (χ2n) is 4.87. The zero-order valence-corrected chi connectivity index (χ0v) is 10.4. The van der Waals surface area contributed by atoms with E-state index >= 15 is 0 Å². The lowest BCUT2D eigenvalue weighted by Gasteiger charge is -2.25. The lowest BCUT2D eigenvalue weighted by atomic mass is 9.85. The van der Waals surface area contributed by atoms with Gasteiger partial charge < -0.3 is 11.1 Å². The minimum absolute atomic E-state index is 0.568. The summed E-state index contributed by atoms with van der Waals surface area (Å²) in [6.45, 7) is 3.72. The first kappa shape index (κ1) is 12.0. The van der Waals surface area contributed by atoms with Crippen LogP contribution >= 0.6 is 0 Å². The average Bonchev–Trinajstić information content (AvgIpc) is 2.24. The molecule has 0 atom stereocenters. The quantitative estimate of drug-likeness (QED) is 0.616. The molecule has 3 N–H and O–H groups in total. The molecule has 1 fully saturated rings. The van der Waals surface area contributed by atoms with Gasteiger partial charge in [-0.2, -0.15) is 0 Å². The molecule has 0 aromatic heterocycles. The number of nitrogens with zero attached hydrogens (tertiary/aromatic N) is 1. The van der Waals surface area contributed by atoms with Crippen LogP contribution in [0, 0.1) is 12.8 Å². The first-order chi connectivity index (χ1) is 8.24. The summed E-state index contributed by atoms with van der Waals surface area (Å²) < 4.78 is 0. The van der Waals surface area contributed by atoms with E-state index in [4.69, 9.17) is 5.73 Å². The molecule has 1 aromatic rings. The summed E-state index contributed by atoms with van der Waals surface area (Å²) in [5, 5.41) is 3.20. The molecule has 2 rings (SSSR count). The van der Waals surface area contributed by atoms with Crippen molar-refractivity contribution in [2.45, 2.75) is 32.7 Å². The Hall–Kier alpha value is -1.51. The van der Waals surface area contributed by atoms with Crippen LogP contribution < -0.4 is 11.1 Å². The summed E-state index contributed by atoms with van der Waals surface area (Å²) in [6, 6.07) is 8.36. The van der Waals surface area contributed by atoms with Crippen LogP contribution in [0.5, 0.6) is 0 Å². The molecule has 1 aromatic carbocycles. The molecular formula is C14H21N3. The fourth-order valence-electron chi connectivity index (χ4n) is 1.99. The predicted octanol–water partition coefficient (Wildman–Crippen LogP) is 2.20. The van der Waals surface area contributed by atoms with Crippen molar-refractivity contribution in [3.8, 4) is 0 Å². The van der Waals surface area contributed by atoms with Crippen molar-refractivity contribution in [3.05, 3.63) is 35.4 Å². The van der Waals surface area contributed by atoms with Gasteiger partial charge in [0.2, 0.25) is 0 Å². The smallest absolute Gasteiger partial charge is 0.188 e. The van der Waals surface area contributed by atoms with E-state index in [9.17, 15) is 0 Å². The van der Waals surface area contributed by atoms with E-state index in [0.717, 1.165) is 12.5 Å². The van der Waals surface area contributed by atoms with Gasteiger partial charge in [-0.15, -0.1) is 0 Å². The Bertz CT molecular complexity index is 394. The molecular weight excluding hydrogens is 210 g/mol. The topological polar surface area (TPSA) is 50.4 Å². The van der Waals surface area contributed by atoms with Crippen molar-refractivity contribution < 1.29 is 0 Å². The van der Waals surface area contributed by atoms with E-state index in [1.165, 1.54) is 30.4 Å². The van der Waals surface area contributed by atoms with E-state index < -0.39 is 0 Å². The van der Waals surface area contributed by atoms with Gasteiger partial charge >= 0.3 is 0 Å². The summed E-state index contributed by atoms with van der Waals surface area (Å²) in [5.41, 5.74) is 8.30. The van der Waals surface area contributed by atoms with Crippen molar-refractivity contribution >= 4 is 5.96 Å². The van der Waals surface area contributed by atoms with E-state index in [0.29, 0.717) is 12.5 Å². The molecule has 1 aliphatic rings. The van der Waals surface area contributed by atoms with Crippen LogP contribution in [0.4, 0.5) is 0 Å². The molecule has 3 nitrogen and oxygen atoms in total. The van der Waals surface area contributed by atoms with Crippen molar-refractivity contribution in [2.24, 2.45) is 16.6 Å². The normalized spacial score (nSPS) is 16.6. The first-order valence-electron chi connectivity index (χ1n) is 6.33. The molecule has 3 heteroatoms. The summed E-state index contributed by atoms with van der Waals surface area (Å²) in [4.78, 5) is 4.35. The molecule has 0 spiro atoms. The molecule has 0 aliphatic heterocycles. The van der Waals surface area contributed by atoms with Crippen molar-refractivity contribution in [2.75, 3.05) is 6.54 Å². The molecule has 92 valence electrons. The fraction of sp³-hybridized carbons (Fsp3) is 0.500. The van der Waals surface area contributed by atoms with Gasteiger partial charge in [-0.3, -0.25) is 0 Å². The van der Waals surface area contributed by atoms with Gasteiger partial charge in [0, 0.05) is 6.54 Å². The highest BCUT2D eigenvalue weighted by atomic mass is 15.1. The number of guanidine groups is 1. The maximum Gasteiger partial charge on any atom is 0.188 e. The molecule has 17 heavy (non-hydrogen) atoms. The summed E-state index contributed by atoms with van der Waals surface area (Å²) in [5.74, 6) is 1.38. The first-order valence-corrected chi connectivity index (χ1v) is 6.33. The van der Waals surface area contributed by atoms with E-state index in [2.05, 4.69) is 41.5 Å². The molecule has 0 radical (unpaired) electrons. The Morgan fingerprint density at radius 1 is 1.47 bits per heavy atom. The number of hydrogen-bond donors (Lipinski definition) is 2. The molecule has 0 bridgehead atoms. The third kappa shape index (κ3) is 3.77. The second kappa shape index (κ2) is 5.71. The Morgan fingerprint density at radius 2 is 2.29 bits per heavy atom. The zero-order chi connectivity index (χ0) is 12.1. The predicted molar refractivity (Wildman–Crippen MR) is 71.8 cm³/mol. The van der Waals surface area contributed by atoms with E-state index in [1.54, 1.807) is 0 Å². The van der Waals surface area contributed by atoms with Crippen molar-refractivity contribution in [1.82, 2.24) is 5.32 Å². The largest absolute Gasteiger partial charge is 0.370 e. The SMILES string of the molecule is Cc1cccc(CN=C(N)NCC2CCC2)c1. The number of nitrogens with two attached hydrogens (primary N) is 1. The average molecular weight is 231 g/mol. The van der Waals surface area contributed by atoms with Crippen LogP contribution in [0.3, 0.4) is 0 Å². The molecule has 0 amide bonds. The second-order valence-corrected chi connectivity index (χ2v) is 4.87. The number of benzene rings is 1. The van der Waals surface area contributed by atoms with Gasteiger partial charge in [0.15, 0.2) is 5.96 Å². The third-order valence-electron chi connectivity index (χ3n) is 3.31. The minimum Gasteiger partial charge on any atom is -0.370 e. The van der Waals surface area contributed by atoms with Gasteiger partial charge in [-0.05, 0) is 31.2 Å². The van der Waals surface area contributed by atoms with Crippen LogP contribution in [0.1, 0.15) is 30.4 Å². The van der Waals surface area contributed by atoms with Crippen LogP contribution in [0.25, 0.3) is 0 Å². The lowest BCUT2D eigenvalue weighted by molar-refractivity contribution is 0.315. The highest BCUT2D eigenvalue weighted by Crippen LogP contribution is 2.24. The summed E-state index contributed by atoms with van der Waals surface area (Å²) >= 11 is 0. The van der Waals surface area contributed by atoms with Crippen LogP contribution in [0.15, 0.2) is 29.3 Å². The number of aryl methyl sites for hydroxylation is 1. The summed E-state index contributed by atoms with van der Waals surface area (Å²) in [7, 11) is 0. The Labute approximate surface area is 103 Å². The Kier molecular flexibility index (Phi) is 4.02. The van der Waals surface area contributed by atoms with Crippen molar-refractivity contribution in [3.63, 3.8) is 0 Å². The molecule has 0 heterocycles. The summed E-state index contributed by atoms with van der Waals surface area (Å²) in [6.07, 6.45) is 4.03. The molecule has 1 saturated carbocycles. The van der Waals surface area contributed by atoms with E-state index in [1.807, 2.05) is 0 Å².